The van der Waals surface area contributed by atoms with Gasteiger partial charge >= 0.3 is 5.97 Å². The first kappa shape index (κ1) is 70.5. The number of unbranched alkanes of at least 4 members (excludes halogenated alkanes) is 28. The Morgan fingerprint density at radius 1 is 0.493 bits per heavy atom. The van der Waals surface area contributed by atoms with Crippen LogP contribution in [0.2, 0.25) is 0 Å². The Balaban J connectivity index is 5.40. The molecule has 73 heavy (non-hydrogen) atoms. The van der Waals surface area contributed by atoms with E-state index in [4.69, 9.17) is 13.8 Å². The summed E-state index contributed by atoms with van der Waals surface area (Å²) in [6.45, 7) is 6.70. The maximum Gasteiger partial charge on any atom is 0.306 e. The number of allylic oxidation sites excluding steroid dienone is 11. The molecule has 0 aromatic rings. The van der Waals surface area contributed by atoms with Crippen LogP contribution in [0.5, 0.6) is 0 Å². The van der Waals surface area contributed by atoms with E-state index in [1.54, 1.807) is 0 Å². The van der Waals surface area contributed by atoms with Gasteiger partial charge in [0.15, 0.2) is 0 Å². The highest BCUT2D eigenvalue weighted by molar-refractivity contribution is 7.45. The van der Waals surface area contributed by atoms with Gasteiger partial charge in [-0.15, -0.1) is 0 Å². The minimum atomic E-state index is -4.71. The smallest absolute Gasteiger partial charge is 0.306 e. The summed E-state index contributed by atoms with van der Waals surface area (Å²) in [4.78, 5) is 39.9. The van der Waals surface area contributed by atoms with E-state index in [9.17, 15) is 19.0 Å². The summed E-state index contributed by atoms with van der Waals surface area (Å²) in [5.74, 6) is -0.604. The van der Waals surface area contributed by atoms with Crippen molar-refractivity contribution in [2.45, 2.75) is 277 Å². The van der Waals surface area contributed by atoms with Crippen molar-refractivity contribution in [2.24, 2.45) is 0 Å². The molecule has 0 heterocycles. The minimum Gasteiger partial charge on any atom is -0.756 e. The maximum absolute atomic E-state index is 13.5. The zero-order chi connectivity index (χ0) is 53.6. The molecule has 0 aromatic heterocycles. The molecule has 0 rings (SSSR count). The topological polar surface area (TPSA) is 114 Å². The van der Waals surface area contributed by atoms with Crippen molar-refractivity contribution in [3.8, 4) is 0 Å². The molecule has 0 spiro atoms. The predicted octanol–water partition coefficient (Wildman–Crippen LogP) is 17.8. The molecule has 0 aliphatic heterocycles. The maximum atomic E-state index is 13.5. The summed E-state index contributed by atoms with van der Waals surface area (Å²) in [5.41, 5.74) is 0. The third-order valence-electron chi connectivity index (χ3n) is 13.2. The lowest BCUT2D eigenvalue weighted by Crippen LogP contribution is -2.47. The summed E-state index contributed by atoms with van der Waals surface area (Å²) in [7, 11) is 1.15. The number of phosphoric ester groups is 1. The number of nitrogens with one attached hydrogen (secondary N) is 1. The zero-order valence-corrected chi connectivity index (χ0v) is 49.2. The van der Waals surface area contributed by atoms with Crippen molar-refractivity contribution < 1.29 is 37.3 Å². The van der Waals surface area contributed by atoms with Gasteiger partial charge in [0.25, 0.3) is 7.82 Å². The van der Waals surface area contributed by atoms with Gasteiger partial charge in [0, 0.05) is 12.8 Å². The van der Waals surface area contributed by atoms with Crippen LogP contribution in [0.1, 0.15) is 265 Å². The summed E-state index contributed by atoms with van der Waals surface area (Å²) >= 11 is 0. The molecular weight excluding hydrogens is 928 g/mol. The van der Waals surface area contributed by atoms with E-state index < -0.39 is 26.6 Å². The van der Waals surface area contributed by atoms with Gasteiger partial charge in [0.2, 0.25) is 5.91 Å². The third kappa shape index (κ3) is 54.1. The quantitative estimate of drug-likeness (QED) is 0.0212. The molecule has 10 heteroatoms. The van der Waals surface area contributed by atoms with Gasteiger partial charge < -0.3 is 28.5 Å². The first-order valence-corrected chi connectivity index (χ1v) is 31.7. The Kier molecular flexibility index (Phi) is 51.0. The van der Waals surface area contributed by atoms with Crippen LogP contribution in [0.15, 0.2) is 72.9 Å². The van der Waals surface area contributed by atoms with Gasteiger partial charge in [-0.25, -0.2) is 0 Å². The third-order valence-corrected chi connectivity index (χ3v) is 14.1. The SMILES string of the molecule is CC/C=C\C/C=C\C/C=C\C/C=C\C/C=C\CCCC(=O)NC(COP(=O)([O-])OCC[N+](C)(C)C)C(/C=C/CCCCCCCCCCCCC)OC(=O)CCCCCCCCCCCCCCCCCCC. The van der Waals surface area contributed by atoms with Gasteiger partial charge in [0.05, 0.1) is 33.8 Å². The van der Waals surface area contributed by atoms with Crippen LogP contribution in [0, 0.1) is 0 Å². The Hall–Kier alpha value is -2.55. The molecule has 0 aliphatic rings. The van der Waals surface area contributed by atoms with E-state index in [2.05, 4.69) is 86.8 Å². The van der Waals surface area contributed by atoms with E-state index in [1.807, 2.05) is 33.3 Å². The van der Waals surface area contributed by atoms with Gasteiger partial charge in [-0.2, -0.15) is 0 Å². The number of ether oxygens (including phenoxy) is 1. The fourth-order valence-corrected chi connectivity index (χ4v) is 9.22. The lowest BCUT2D eigenvalue weighted by Gasteiger charge is -2.30. The average Bonchev–Trinajstić information content (AvgIpc) is 3.35. The molecule has 3 unspecified atom stereocenters. The largest absolute Gasteiger partial charge is 0.756 e. The first-order valence-electron chi connectivity index (χ1n) is 30.2. The predicted molar refractivity (Wildman–Crippen MR) is 312 cm³/mol. The van der Waals surface area contributed by atoms with Crippen LogP contribution >= 0.6 is 7.82 Å². The van der Waals surface area contributed by atoms with Crippen molar-refractivity contribution in [1.29, 1.82) is 0 Å². The van der Waals surface area contributed by atoms with Crippen molar-refractivity contribution in [1.82, 2.24) is 5.32 Å². The van der Waals surface area contributed by atoms with Crippen LogP contribution in [0.4, 0.5) is 0 Å². The van der Waals surface area contributed by atoms with E-state index in [0.29, 0.717) is 17.4 Å². The number of carbonyl (C=O) groups excluding carboxylic acids is 2. The Labute approximate surface area is 451 Å². The van der Waals surface area contributed by atoms with Crippen LogP contribution in [0.3, 0.4) is 0 Å². The van der Waals surface area contributed by atoms with Crippen LogP contribution in [-0.2, 0) is 27.9 Å². The molecule has 424 valence electrons. The molecule has 0 radical (unpaired) electrons. The second-order valence-electron chi connectivity index (χ2n) is 21.5. The molecule has 1 N–H and O–H groups in total. The summed E-state index contributed by atoms with van der Waals surface area (Å²) in [6.07, 6.45) is 67.3. The number of amides is 1. The molecule has 0 aromatic carbocycles. The molecule has 1 amide bonds. The Morgan fingerprint density at radius 2 is 0.890 bits per heavy atom. The number of carbonyl (C=O) groups is 2. The highest BCUT2D eigenvalue weighted by Crippen LogP contribution is 2.38. The van der Waals surface area contributed by atoms with Gasteiger partial charge in [-0.3, -0.25) is 14.2 Å². The first-order chi connectivity index (χ1) is 35.4. The van der Waals surface area contributed by atoms with E-state index in [0.717, 1.165) is 77.0 Å². The van der Waals surface area contributed by atoms with E-state index >= 15 is 0 Å². The lowest BCUT2D eigenvalue weighted by molar-refractivity contribution is -0.870. The fraction of sp³-hybridized carbons (Fsp3) is 0.778. The molecule has 0 fully saturated rings. The molecular formula is C63H115N2O7P. The number of nitrogens with zero attached hydrogens (tertiary/aromatic N) is 1. The van der Waals surface area contributed by atoms with Crippen LogP contribution in [-0.4, -0.2) is 69.4 Å². The van der Waals surface area contributed by atoms with Crippen LogP contribution in [0.25, 0.3) is 0 Å². The Morgan fingerprint density at radius 3 is 1.33 bits per heavy atom. The van der Waals surface area contributed by atoms with Crippen molar-refractivity contribution in [2.75, 3.05) is 40.9 Å². The second kappa shape index (κ2) is 52.9. The van der Waals surface area contributed by atoms with Gasteiger partial charge in [-0.1, -0.05) is 255 Å². The number of hydrogen-bond acceptors (Lipinski definition) is 7. The summed E-state index contributed by atoms with van der Waals surface area (Å²) in [5, 5.41) is 2.99. The Bertz CT molecular complexity index is 1480. The molecule has 0 saturated carbocycles. The highest BCUT2D eigenvalue weighted by atomic mass is 31.2. The average molecular weight is 1040 g/mol. The van der Waals surface area contributed by atoms with Crippen molar-refractivity contribution in [3.05, 3.63) is 72.9 Å². The van der Waals surface area contributed by atoms with E-state index in [1.165, 1.54) is 148 Å². The number of esters is 1. The minimum absolute atomic E-state index is 0.0340. The molecule has 3 atom stereocenters. The monoisotopic (exact) mass is 1040 g/mol. The zero-order valence-electron chi connectivity index (χ0n) is 48.3. The van der Waals surface area contributed by atoms with Crippen LogP contribution < -0.4 is 10.2 Å². The van der Waals surface area contributed by atoms with Crippen molar-refractivity contribution >= 4 is 19.7 Å². The number of phosphoric acid groups is 1. The number of hydrogen-bond donors (Lipinski definition) is 1. The number of quaternary nitrogens is 1. The van der Waals surface area contributed by atoms with Gasteiger partial charge in [0.1, 0.15) is 19.3 Å². The van der Waals surface area contributed by atoms with E-state index in [-0.39, 0.29) is 31.3 Å². The lowest BCUT2D eigenvalue weighted by atomic mass is 10.0. The molecule has 0 aliphatic carbocycles. The normalized spacial score (nSPS) is 14.2. The fourth-order valence-electron chi connectivity index (χ4n) is 8.50. The standard InChI is InChI=1S/C63H115N2O7P/c1-7-10-13-16-19-22-25-28-30-32-34-37-40-43-46-49-52-55-62(66)64-60(59-71-73(68,69)70-58-57-65(4,5)6)61(54-51-48-45-42-39-36-27-24-21-18-15-12-9-3)72-63(67)56-53-50-47-44-41-38-35-33-31-29-26-23-20-17-14-11-8-2/h10,13,19,22,28,30,34,37,43,46,51,54,60-61H,7-9,11-12,14-18,20-21,23-27,29,31-33,35-36,38-42,44-45,47-50,52-53,55-59H2,1-6H3,(H-,64,66,68,69)/b13-10-,22-19-,30-28-,37-34-,46-43-,54-51+. The molecule has 9 nitrogen and oxygen atoms in total. The second-order valence-corrected chi connectivity index (χ2v) is 22.9. The number of rotatable bonds is 54. The highest BCUT2D eigenvalue weighted by Gasteiger charge is 2.27. The number of likely N-dealkylation sites (N-methyl/N-ethyl adjacent to an activating group) is 1. The van der Waals surface area contributed by atoms with Gasteiger partial charge in [-0.05, 0) is 70.3 Å². The molecule has 0 bridgehead atoms. The summed E-state index contributed by atoms with van der Waals surface area (Å²) < 4.78 is 30.3. The van der Waals surface area contributed by atoms with Crippen molar-refractivity contribution in [3.63, 3.8) is 0 Å². The summed E-state index contributed by atoms with van der Waals surface area (Å²) in [6, 6.07) is -0.918. The molecule has 0 saturated heterocycles.